The molecule has 8 unspecified atom stereocenters. The summed E-state index contributed by atoms with van der Waals surface area (Å²) in [5, 5.41) is 13.4. The Morgan fingerprint density at radius 1 is 1.04 bits per heavy atom. The zero-order valence-corrected chi connectivity index (χ0v) is 17.4. The van der Waals surface area contributed by atoms with Gasteiger partial charge in [-0.2, -0.15) is 0 Å². The van der Waals surface area contributed by atoms with E-state index in [-0.39, 0.29) is 17.9 Å². The molecule has 4 nitrogen and oxygen atoms in total. The van der Waals surface area contributed by atoms with Crippen LogP contribution in [0.1, 0.15) is 32.1 Å². The van der Waals surface area contributed by atoms with Crippen LogP contribution in [0.4, 0.5) is 0 Å². The quantitative estimate of drug-likeness (QED) is 0.679. The van der Waals surface area contributed by atoms with E-state index >= 15 is 0 Å². The molecule has 4 aliphatic rings. The van der Waals surface area contributed by atoms with Crippen LogP contribution in [-0.4, -0.2) is 28.3 Å². The third-order valence-corrected chi connectivity index (χ3v) is 9.49. The molecule has 27 heavy (non-hydrogen) atoms. The molecule has 144 valence electrons. The van der Waals surface area contributed by atoms with Gasteiger partial charge < -0.3 is 10.4 Å². The molecule has 2 N–H and O–H groups in total. The van der Waals surface area contributed by atoms with Crippen molar-refractivity contribution in [2.75, 3.05) is 0 Å². The summed E-state index contributed by atoms with van der Waals surface area (Å²) in [5.74, 6) is 0.0932. The van der Waals surface area contributed by atoms with E-state index in [1.165, 1.54) is 17.7 Å². The summed E-state index contributed by atoms with van der Waals surface area (Å²) in [4.78, 5) is 25.4. The minimum absolute atomic E-state index is 0.00392. The molecular formula is C21H24BrNO3S. The Kier molecular flexibility index (Phi) is 4.54. The Morgan fingerprint density at radius 2 is 1.78 bits per heavy atom. The molecule has 0 spiro atoms. The maximum Gasteiger partial charge on any atom is 0.316 e. The number of thioether (sulfide) groups is 1. The first-order valence-corrected chi connectivity index (χ1v) is 11.7. The molecule has 1 amide bonds. The summed E-state index contributed by atoms with van der Waals surface area (Å²) in [6, 6.07) is 8.67. The maximum atomic E-state index is 12.3. The van der Waals surface area contributed by atoms with Crippen molar-refractivity contribution < 1.29 is 14.7 Å². The van der Waals surface area contributed by atoms with Gasteiger partial charge in [0.05, 0.1) is 0 Å². The maximum absolute atomic E-state index is 12.3. The normalized spacial score (nSPS) is 42.3. The Hall–Kier alpha value is -1.01. The number of hydrogen-bond donors (Lipinski definition) is 2. The number of carboxylic acid groups (broad SMARTS) is 1. The number of halogens is 1. The van der Waals surface area contributed by atoms with E-state index in [1.54, 1.807) is 0 Å². The first kappa shape index (κ1) is 18.0. The Morgan fingerprint density at radius 3 is 2.52 bits per heavy atom. The number of carbonyl (C=O) groups excluding carboxylic acids is 1. The number of hydrogen-bond acceptors (Lipinski definition) is 3. The van der Waals surface area contributed by atoms with Crippen LogP contribution in [-0.2, 0) is 9.59 Å². The van der Waals surface area contributed by atoms with Crippen molar-refractivity contribution in [1.82, 2.24) is 5.32 Å². The fourth-order valence-electron chi connectivity index (χ4n) is 6.74. The number of rotatable bonds is 3. The summed E-state index contributed by atoms with van der Waals surface area (Å²) in [6.07, 6.45) is 5.78. The summed E-state index contributed by atoms with van der Waals surface area (Å²) in [7, 11) is 0. The van der Waals surface area contributed by atoms with E-state index in [4.69, 9.17) is 0 Å². The van der Waals surface area contributed by atoms with Gasteiger partial charge >= 0.3 is 5.97 Å². The highest BCUT2D eigenvalue weighted by Gasteiger charge is 2.64. The van der Waals surface area contributed by atoms with Crippen molar-refractivity contribution >= 4 is 39.6 Å². The second-order valence-corrected chi connectivity index (χ2v) is 10.8. The highest BCUT2D eigenvalue weighted by atomic mass is 79.9. The Balaban J connectivity index is 1.41. The molecule has 1 aromatic carbocycles. The van der Waals surface area contributed by atoms with Crippen molar-refractivity contribution in [3.8, 4) is 0 Å². The van der Waals surface area contributed by atoms with E-state index in [9.17, 15) is 14.7 Å². The van der Waals surface area contributed by atoms with E-state index in [0.29, 0.717) is 28.9 Å². The van der Waals surface area contributed by atoms with Crippen LogP contribution < -0.4 is 5.32 Å². The molecular weight excluding hydrogens is 426 g/mol. The standard InChI is InChI=1S/C21H24BrNO3S/c22-10-4-6-11(7-5-10)27-15-9-8-13-16-12(15)2-1-3-14(16)19-17(13)18(21(25)26)20(24)23-19/h4-7,12-19H,1-3,8-9H2,(H,23,24)(H,25,26). The number of aliphatic carboxylic acids is 1. The summed E-state index contributed by atoms with van der Waals surface area (Å²) < 4.78 is 1.10. The van der Waals surface area contributed by atoms with Gasteiger partial charge in [0, 0.05) is 26.6 Å². The molecule has 0 bridgehead atoms. The lowest BCUT2D eigenvalue weighted by atomic mass is 9.63. The van der Waals surface area contributed by atoms with E-state index in [1.807, 2.05) is 11.8 Å². The molecule has 8 atom stereocenters. The van der Waals surface area contributed by atoms with Gasteiger partial charge in [0.25, 0.3) is 0 Å². The number of nitrogens with one attached hydrogen (secondary N) is 1. The van der Waals surface area contributed by atoms with Gasteiger partial charge in [0.15, 0.2) is 0 Å². The largest absolute Gasteiger partial charge is 0.481 e. The lowest BCUT2D eigenvalue weighted by Crippen LogP contribution is -2.44. The van der Waals surface area contributed by atoms with Gasteiger partial charge in [0.2, 0.25) is 5.91 Å². The van der Waals surface area contributed by atoms with E-state index < -0.39 is 11.9 Å². The Labute approximate surface area is 172 Å². The highest BCUT2D eigenvalue weighted by molar-refractivity contribution is 9.10. The van der Waals surface area contributed by atoms with Gasteiger partial charge in [-0.1, -0.05) is 22.4 Å². The molecule has 1 aromatic rings. The number of fused-ring (bicyclic) bond motifs is 3. The predicted molar refractivity (Wildman–Crippen MR) is 107 cm³/mol. The molecule has 1 aliphatic heterocycles. The van der Waals surface area contributed by atoms with Gasteiger partial charge in [-0.3, -0.25) is 9.59 Å². The fraction of sp³-hybridized carbons (Fsp3) is 0.619. The van der Waals surface area contributed by atoms with Crippen molar-refractivity contribution in [1.29, 1.82) is 0 Å². The monoisotopic (exact) mass is 449 g/mol. The van der Waals surface area contributed by atoms with Crippen molar-refractivity contribution in [2.45, 2.75) is 48.3 Å². The topological polar surface area (TPSA) is 66.4 Å². The second kappa shape index (κ2) is 6.80. The predicted octanol–water partition coefficient (Wildman–Crippen LogP) is 4.18. The molecule has 4 fully saturated rings. The van der Waals surface area contributed by atoms with Gasteiger partial charge in [-0.05, 0) is 73.6 Å². The first-order valence-electron chi connectivity index (χ1n) is 10.00. The van der Waals surface area contributed by atoms with Gasteiger partial charge in [-0.15, -0.1) is 11.8 Å². The summed E-state index contributed by atoms with van der Waals surface area (Å²) in [5.41, 5.74) is 0. The van der Waals surface area contributed by atoms with Crippen LogP contribution in [0.15, 0.2) is 33.6 Å². The minimum Gasteiger partial charge on any atom is -0.481 e. The summed E-state index contributed by atoms with van der Waals surface area (Å²) in [6.45, 7) is 0. The molecule has 3 aliphatic carbocycles. The zero-order chi connectivity index (χ0) is 18.7. The van der Waals surface area contributed by atoms with Crippen LogP contribution in [0.25, 0.3) is 0 Å². The first-order chi connectivity index (χ1) is 13.0. The van der Waals surface area contributed by atoms with Crippen LogP contribution in [0.5, 0.6) is 0 Å². The molecule has 5 rings (SSSR count). The van der Waals surface area contributed by atoms with Gasteiger partial charge in [-0.25, -0.2) is 0 Å². The van der Waals surface area contributed by atoms with Crippen LogP contribution in [0.2, 0.25) is 0 Å². The van der Waals surface area contributed by atoms with E-state index in [0.717, 1.165) is 23.7 Å². The molecule has 1 saturated heterocycles. The van der Waals surface area contributed by atoms with Crippen LogP contribution in [0, 0.1) is 35.5 Å². The molecule has 1 heterocycles. The smallest absolute Gasteiger partial charge is 0.316 e. The van der Waals surface area contributed by atoms with E-state index in [2.05, 4.69) is 45.5 Å². The molecule has 3 saturated carbocycles. The SMILES string of the molecule is O=C(O)C1C(=O)NC2C3CCCC4C(Sc5ccc(Br)cc5)CCC(C43)C12. The highest BCUT2D eigenvalue weighted by Crippen LogP contribution is 2.61. The lowest BCUT2D eigenvalue weighted by Gasteiger charge is -2.46. The second-order valence-electron chi connectivity index (χ2n) is 8.62. The van der Waals surface area contributed by atoms with Crippen molar-refractivity contribution in [3.05, 3.63) is 28.7 Å². The number of amides is 1. The van der Waals surface area contributed by atoms with Crippen molar-refractivity contribution in [3.63, 3.8) is 0 Å². The van der Waals surface area contributed by atoms with Crippen LogP contribution in [0.3, 0.4) is 0 Å². The number of benzene rings is 1. The third kappa shape index (κ3) is 2.86. The fourth-order valence-corrected chi connectivity index (χ4v) is 8.39. The zero-order valence-electron chi connectivity index (χ0n) is 15.0. The van der Waals surface area contributed by atoms with Gasteiger partial charge in [0.1, 0.15) is 5.92 Å². The van der Waals surface area contributed by atoms with Crippen molar-refractivity contribution in [2.24, 2.45) is 35.5 Å². The molecule has 6 heteroatoms. The average Bonchev–Trinajstić information content (AvgIpc) is 3.14. The van der Waals surface area contributed by atoms with Crippen LogP contribution >= 0.6 is 27.7 Å². The molecule has 0 radical (unpaired) electrons. The third-order valence-electron chi connectivity index (χ3n) is 7.53. The average molecular weight is 450 g/mol. The lowest BCUT2D eigenvalue weighted by molar-refractivity contribution is -0.147. The molecule has 0 aromatic heterocycles. The summed E-state index contributed by atoms with van der Waals surface area (Å²) >= 11 is 5.51. The number of carboxylic acids is 1. The minimum atomic E-state index is -0.929. The number of carbonyl (C=O) groups is 2. The Bertz CT molecular complexity index is 769.